The molecule has 0 aliphatic carbocycles. The summed E-state index contributed by atoms with van der Waals surface area (Å²) < 4.78 is 0. The first-order chi connectivity index (χ1) is 8.83. The molecule has 0 radical (unpaired) electrons. The monoisotopic (exact) mass is 248 g/mol. The van der Waals surface area contributed by atoms with Crippen molar-refractivity contribution in [2.45, 2.75) is 52.9 Å². The Kier molecular flexibility index (Phi) is 7.41. The van der Waals surface area contributed by atoms with Gasteiger partial charge in [-0.3, -0.25) is 0 Å². The Hall–Kier alpha value is -1.10. The van der Waals surface area contributed by atoms with E-state index in [0.717, 1.165) is 25.9 Å². The number of hydrogen-bond donors (Lipinski definition) is 0. The third-order valence-corrected chi connectivity index (χ3v) is 3.32. The molecule has 0 unspecified atom stereocenters. The molecular weight excluding hydrogens is 220 g/mol. The molecule has 0 atom stereocenters. The first-order valence-corrected chi connectivity index (χ1v) is 7.43. The lowest BCUT2D eigenvalue weighted by molar-refractivity contribution is 0.236. The SMILES string of the molecule is CC#CCCN(CCC)/C(=C\CC)N1CCCC1. The van der Waals surface area contributed by atoms with Gasteiger partial charge in [-0.1, -0.05) is 13.8 Å². The summed E-state index contributed by atoms with van der Waals surface area (Å²) in [6, 6.07) is 0. The van der Waals surface area contributed by atoms with Crippen LogP contribution in [0.15, 0.2) is 11.9 Å². The summed E-state index contributed by atoms with van der Waals surface area (Å²) in [4.78, 5) is 5.08. The van der Waals surface area contributed by atoms with E-state index in [2.05, 4.69) is 41.6 Å². The Morgan fingerprint density at radius 2 is 1.94 bits per heavy atom. The molecule has 0 saturated carbocycles. The molecule has 1 fully saturated rings. The molecule has 0 aromatic rings. The van der Waals surface area contributed by atoms with Crippen LogP contribution in [0.25, 0.3) is 0 Å². The van der Waals surface area contributed by atoms with Crippen LogP contribution in [0.4, 0.5) is 0 Å². The topological polar surface area (TPSA) is 6.48 Å². The van der Waals surface area contributed by atoms with E-state index in [1.807, 2.05) is 6.92 Å². The van der Waals surface area contributed by atoms with Crippen molar-refractivity contribution in [1.82, 2.24) is 9.80 Å². The Morgan fingerprint density at radius 3 is 2.50 bits per heavy atom. The van der Waals surface area contributed by atoms with E-state index in [-0.39, 0.29) is 0 Å². The van der Waals surface area contributed by atoms with Crippen LogP contribution in [0.5, 0.6) is 0 Å². The quantitative estimate of drug-likeness (QED) is 0.637. The summed E-state index contributed by atoms with van der Waals surface area (Å²) in [6.45, 7) is 11.1. The summed E-state index contributed by atoms with van der Waals surface area (Å²) in [6.07, 6.45) is 8.37. The molecule has 0 N–H and O–H groups in total. The molecule has 1 rings (SSSR count). The van der Waals surface area contributed by atoms with Gasteiger partial charge in [-0.15, -0.1) is 11.8 Å². The molecule has 0 bridgehead atoms. The molecule has 2 nitrogen and oxygen atoms in total. The molecule has 1 heterocycles. The summed E-state index contributed by atoms with van der Waals surface area (Å²) in [5.74, 6) is 7.64. The van der Waals surface area contributed by atoms with Crippen molar-refractivity contribution in [2.75, 3.05) is 26.2 Å². The highest BCUT2D eigenvalue weighted by atomic mass is 15.3. The van der Waals surface area contributed by atoms with Crippen LogP contribution in [0.1, 0.15) is 52.9 Å². The van der Waals surface area contributed by atoms with Crippen molar-refractivity contribution in [2.24, 2.45) is 0 Å². The summed E-state index contributed by atoms with van der Waals surface area (Å²) in [7, 11) is 0. The van der Waals surface area contributed by atoms with Crippen LogP contribution in [0, 0.1) is 11.8 Å². The van der Waals surface area contributed by atoms with Crippen molar-refractivity contribution in [3.05, 3.63) is 11.9 Å². The van der Waals surface area contributed by atoms with Crippen molar-refractivity contribution in [3.63, 3.8) is 0 Å². The highest BCUT2D eigenvalue weighted by Gasteiger charge is 2.18. The molecule has 1 aliphatic rings. The van der Waals surface area contributed by atoms with Crippen LogP contribution in [0.2, 0.25) is 0 Å². The fourth-order valence-electron chi connectivity index (χ4n) is 2.51. The van der Waals surface area contributed by atoms with Gasteiger partial charge in [0.25, 0.3) is 0 Å². The Balaban J connectivity index is 2.68. The molecular formula is C16H28N2. The third-order valence-electron chi connectivity index (χ3n) is 3.32. The largest absolute Gasteiger partial charge is 0.359 e. The second kappa shape index (κ2) is 8.91. The smallest absolute Gasteiger partial charge is 0.0998 e. The van der Waals surface area contributed by atoms with Crippen molar-refractivity contribution in [3.8, 4) is 11.8 Å². The molecule has 102 valence electrons. The molecule has 2 heteroatoms. The third kappa shape index (κ3) is 4.64. The first-order valence-electron chi connectivity index (χ1n) is 7.43. The average Bonchev–Trinajstić information content (AvgIpc) is 2.89. The standard InChI is InChI=1S/C16H28N2/c1-4-7-8-13-17(12-6-3)16(11-5-2)18-14-9-10-15-18/h11H,5-6,8-10,12-15H2,1-3H3/b16-11+. The minimum absolute atomic E-state index is 0.978. The highest BCUT2D eigenvalue weighted by Crippen LogP contribution is 2.19. The molecule has 0 amide bonds. The number of likely N-dealkylation sites (tertiary alicyclic amines) is 1. The van der Waals surface area contributed by atoms with E-state index in [1.54, 1.807) is 0 Å². The molecule has 0 aromatic heterocycles. The maximum absolute atomic E-state index is 3.19. The predicted molar refractivity (Wildman–Crippen MR) is 79.1 cm³/mol. The van der Waals surface area contributed by atoms with Gasteiger partial charge >= 0.3 is 0 Å². The van der Waals surface area contributed by atoms with Crippen molar-refractivity contribution >= 4 is 0 Å². The van der Waals surface area contributed by atoms with Crippen molar-refractivity contribution in [1.29, 1.82) is 0 Å². The van der Waals surface area contributed by atoms with E-state index in [9.17, 15) is 0 Å². The van der Waals surface area contributed by atoms with Gasteiger partial charge in [0.1, 0.15) is 0 Å². The van der Waals surface area contributed by atoms with E-state index < -0.39 is 0 Å². The van der Waals surface area contributed by atoms with Crippen molar-refractivity contribution < 1.29 is 0 Å². The lowest BCUT2D eigenvalue weighted by Gasteiger charge is -2.33. The fourth-order valence-corrected chi connectivity index (χ4v) is 2.51. The molecule has 0 aromatic carbocycles. The zero-order valence-corrected chi connectivity index (χ0v) is 12.3. The Labute approximate surface area is 113 Å². The zero-order chi connectivity index (χ0) is 13.2. The molecule has 1 saturated heterocycles. The predicted octanol–water partition coefficient (Wildman–Crippen LogP) is 3.46. The number of nitrogens with zero attached hydrogens (tertiary/aromatic N) is 2. The van der Waals surface area contributed by atoms with E-state index >= 15 is 0 Å². The lowest BCUT2D eigenvalue weighted by Crippen LogP contribution is -2.35. The van der Waals surface area contributed by atoms with Gasteiger partial charge in [-0.2, -0.15) is 0 Å². The minimum Gasteiger partial charge on any atom is -0.359 e. The van der Waals surface area contributed by atoms with Gasteiger partial charge in [-0.05, 0) is 38.7 Å². The normalized spacial score (nSPS) is 15.5. The van der Waals surface area contributed by atoms with Crippen LogP contribution in [-0.2, 0) is 0 Å². The van der Waals surface area contributed by atoms with Crippen LogP contribution < -0.4 is 0 Å². The van der Waals surface area contributed by atoms with E-state index in [0.29, 0.717) is 0 Å². The average molecular weight is 248 g/mol. The number of allylic oxidation sites excluding steroid dienone is 1. The number of rotatable bonds is 7. The van der Waals surface area contributed by atoms with Gasteiger partial charge in [0.05, 0.1) is 5.82 Å². The highest BCUT2D eigenvalue weighted by molar-refractivity contribution is 5.04. The van der Waals surface area contributed by atoms with Crippen LogP contribution in [-0.4, -0.2) is 36.0 Å². The maximum atomic E-state index is 3.19. The van der Waals surface area contributed by atoms with E-state index in [1.165, 1.54) is 38.2 Å². The van der Waals surface area contributed by atoms with E-state index in [4.69, 9.17) is 0 Å². The van der Waals surface area contributed by atoms with Crippen LogP contribution >= 0.6 is 0 Å². The fraction of sp³-hybridized carbons (Fsp3) is 0.750. The zero-order valence-electron chi connectivity index (χ0n) is 12.3. The molecule has 1 aliphatic heterocycles. The minimum atomic E-state index is 0.978. The first kappa shape index (κ1) is 15.0. The van der Waals surface area contributed by atoms with Gasteiger partial charge in [0.2, 0.25) is 0 Å². The second-order valence-electron chi connectivity index (χ2n) is 4.83. The lowest BCUT2D eigenvalue weighted by atomic mass is 10.3. The Bertz CT molecular complexity index is 303. The maximum Gasteiger partial charge on any atom is 0.0998 e. The second-order valence-corrected chi connectivity index (χ2v) is 4.83. The van der Waals surface area contributed by atoms with Gasteiger partial charge in [-0.25, -0.2) is 0 Å². The van der Waals surface area contributed by atoms with Gasteiger partial charge in [0.15, 0.2) is 0 Å². The number of hydrogen-bond acceptors (Lipinski definition) is 2. The van der Waals surface area contributed by atoms with Gasteiger partial charge < -0.3 is 9.80 Å². The van der Waals surface area contributed by atoms with Crippen LogP contribution in [0.3, 0.4) is 0 Å². The summed E-state index contributed by atoms with van der Waals surface area (Å²) in [5.41, 5.74) is 0. The Morgan fingerprint density at radius 1 is 1.22 bits per heavy atom. The van der Waals surface area contributed by atoms with Gasteiger partial charge in [0, 0.05) is 32.6 Å². The molecule has 0 spiro atoms. The summed E-state index contributed by atoms with van der Waals surface area (Å²) in [5, 5.41) is 0. The molecule has 18 heavy (non-hydrogen) atoms. The summed E-state index contributed by atoms with van der Waals surface area (Å²) >= 11 is 0.